The van der Waals surface area contributed by atoms with E-state index in [4.69, 9.17) is 0 Å². The number of Topliss-reactive ketones (excluding diaryl/α,β-unsaturated/α-hetero) is 1. The number of aromatic nitrogens is 4. The van der Waals surface area contributed by atoms with Crippen LogP contribution in [0.1, 0.15) is 29.6 Å². The summed E-state index contributed by atoms with van der Waals surface area (Å²) in [6.45, 7) is 1.09. The zero-order valence-electron chi connectivity index (χ0n) is 21.2. The number of benzene rings is 3. The van der Waals surface area contributed by atoms with Crippen LogP contribution in [0.25, 0.3) is 28.1 Å². The third-order valence-electron chi connectivity index (χ3n) is 6.88. The third kappa shape index (κ3) is 5.15. The number of nitrogens with one attached hydrogen (secondary N) is 1. The Morgan fingerprint density at radius 1 is 0.872 bits per heavy atom. The van der Waals surface area contributed by atoms with Crippen molar-refractivity contribution in [3.8, 4) is 17.2 Å². The molecular weight excluding hydrogens is 530 g/mol. The summed E-state index contributed by atoms with van der Waals surface area (Å²) in [5.41, 5.74) is 3.18. The number of para-hydroxylation sites is 2. The first kappa shape index (κ1) is 25.5. The zero-order chi connectivity index (χ0) is 26.8. The van der Waals surface area contributed by atoms with E-state index in [1.807, 2.05) is 65.2 Å². The first-order valence-electron chi connectivity index (χ1n) is 12.9. The molecule has 8 nitrogen and oxygen atoms in total. The molecule has 0 atom stereocenters. The molecule has 0 bridgehead atoms. The number of carbonyl (C=O) groups is 1. The van der Waals surface area contributed by atoms with Gasteiger partial charge in [0.15, 0.2) is 16.8 Å². The van der Waals surface area contributed by atoms with Crippen LogP contribution in [0.15, 0.2) is 95.0 Å². The molecule has 39 heavy (non-hydrogen) atoms. The van der Waals surface area contributed by atoms with Crippen molar-refractivity contribution in [1.82, 2.24) is 24.1 Å². The van der Waals surface area contributed by atoms with E-state index in [-0.39, 0.29) is 16.4 Å². The van der Waals surface area contributed by atoms with Crippen LogP contribution in [0.5, 0.6) is 0 Å². The average molecular weight is 558 g/mol. The Balaban J connectivity index is 1.23. The third-order valence-corrected chi connectivity index (χ3v) is 9.72. The van der Waals surface area contributed by atoms with Gasteiger partial charge in [-0.1, -0.05) is 66.7 Å². The second-order valence-electron chi connectivity index (χ2n) is 9.45. The minimum absolute atomic E-state index is 0.114. The molecule has 6 rings (SSSR count). The van der Waals surface area contributed by atoms with Gasteiger partial charge in [0.1, 0.15) is 0 Å². The number of H-pyrrole nitrogens is 1. The van der Waals surface area contributed by atoms with Crippen LogP contribution in [-0.4, -0.2) is 57.1 Å². The molecule has 3 heterocycles. The normalized spacial score (nSPS) is 14.6. The second-order valence-corrected chi connectivity index (χ2v) is 12.3. The molecule has 2 aromatic heterocycles. The highest BCUT2D eigenvalue weighted by molar-refractivity contribution is 7.99. The van der Waals surface area contributed by atoms with Gasteiger partial charge >= 0.3 is 0 Å². The van der Waals surface area contributed by atoms with E-state index in [1.165, 1.54) is 28.2 Å². The number of rotatable bonds is 8. The molecule has 0 radical (unpaired) electrons. The molecular formula is C29H27N5O3S2. The topological polar surface area (TPSA) is 101 Å². The summed E-state index contributed by atoms with van der Waals surface area (Å²) in [5, 5.41) is 10.6. The molecule has 198 valence electrons. The Kier molecular flexibility index (Phi) is 7.07. The molecule has 1 fully saturated rings. The van der Waals surface area contributed by atoms with E-state index in [1.54, 1.807) is 12.1 Å². The molecule has 0 aliphatic carbocycles. The fourth-order valence-electron chi connectivity index (χ4n) is 4.82. The van der Waals surface area contributed by atoms with Crippen molar-refractivity contribution in [2.75, 3.05) is 18.8 Å². The number of nitrogens with zero attached hydrogens (tertiary/aromatic N) is 4. The van der Waals surface area contributed by atoms with Crippen LogP contribution >= 0.6 is 11.8 Å². The van der Waals surface area contributed by atoms with Crippen LogP contribution in [0.2, 0.25) is 0 Å². The minimum Gasteiger partial charge on any atom is -0.352 e. The molecule has 1 aliphatic heterocycles. The van der Waals surface area contributed by atoms with Crippen LogP contribution in [-0.2, 0) is 10.0 Å². The zero-order valence-corrected chi connectivity index (χ0v) is 22.8. The second kappa shape index (κ2) is 10.8. The molecule has 1 saturated heterocycles. The average Bonchev–Trinajstić information content (AvgIpc) is 3.61. The van der Waals surface area contributed by atoms with Crippen molar-refractivity contribution in [2.24, 2.45) is 0 Å². The summed E-state index contributed by atoms with van der Waals surface area (Å²) in [4.78, 5) is 16.7. The number of hydrogen-bond acceptors (Lipinski definition) is 6. The van der Waals surface area contributed by atoms with E-state index < -0.39 is 10.0 Å². The number of thioether (sulfide) groups is 1. The molecule has 1 aliphatic rings. The summed E-state index contributed by atoms with van der Waals surface area (Å²) in [7, 11) is -3.54. The Morgan fingerprint density at radius 2 is 1.59 bits per heavy atom. The number of aromatic amines is 1. The molecule has 0 saturated carbocycles. The van der Waals surface area contributed by atoms with E-state index in [2.05, 4.69) is 15.2 Å². The summed E-state index contributed by atoms with van der Waals surface area (Å²) >= 11 is 1.30. The maximum Gasteiger partial charge on any atom is 0.243 e. The predicted molar refractivity (Wildman–Crippen MR) is 153 cm³/mol. The van der Waals surface area contributed by atoms with Gasteiger partial charge in [-0.15, -0.1) is 10.2 Å². The first-order chi connectivity index (χ1) is 19.0. The molecule has 5 aromatic rings. The van der Waals surface area contributed by atoms with E-state index in [0.717, 1.165) is 41.5 Å². The van der Waals surface area contributed by atoms with Crippen LogP contribution in [0, 0.1) is 0 Å². The first-order valence-corrected chi connectivity index (χ1v) is 15.3. The van der Waals surface area contributed by atoms with Gasteiger partial charge in [-0.2, -0.15) is 4.31 Å². The van der Waals surface area contributed by atoms with Gasteiger partial charge in [-0.25, -0.2) is 8.42 Å². The number of piperidine rings is 1. The highest BCUT2D eigenvalue weighted by atomic mass is 32.2. The summed E-state index contributed by atoms with van der Waals surface area (Å²) in [6.07, 6.45) is 2.81. The van der Waals surface area contributed by atoms with Crippen LogP contribution < -0.4 is 0 Å². The summed E-state index contributed by atoms with van der Waals surface area (Å²) < 4.78 is 29.4. The standard InChI is InChI=1S/C29H27N5O3S2/c35-27(21-13-15-24(16-14-21)39(36,37)33-17-7-2-8-18-33)20-38-29-32-31-28(34(29)23-10-3-1-4-11-23)26-19-22-9-5-6-12-25(22)30-26/h1,3-6,9-16,19,30H,2,7-8,17-18,20H2. The smallest absolute Gasteiger partial charge is 0.243 e. The van der Waals surface area contributed by atoms with Crippen molar-refractivity contribution in [3.05, 3.63) is 90.5 Å². The van der Waals surface area contributed by atoms with Crippen molar-refractivity contribution in [2.45, 2.75) is 29.3 Å². The van der Waals surface area contributed by atoms with Crippen molar-refractivity contribution >= 4 is 38.5 Å². The number of ketones is 1. The molecule has 0 unspecified atom stereocenters. The predicted octanol–water partition coefficient (Wildman–Crippen LogP) is 5.57. The number of carbonyl (C=O) groups excluding carboxylic acids is 1. The lowest BCUT2D eigenvalue weighted by Gasteiger charge is -2.25. The largest absolute Gasteiger partial charge is 0.352 e. The van der Waals surface area contributed by atoms with Gasteiger partial charge < -0.3 is 4.98 Å². The highest BCUT2D eigenvalue weighted by Gasteiger charge is 2.26. The summed E-state index contributed by atoms with van der Waals surface area (Å²) in [6, 6.07) is 26.1. The molecule has 0 spiro atoms. The SMILES string of the molecule is O=C(CSc1nnc(-c2cc3ccccc3[nH]2)n1-c1ccccc1)c1ccc(S(=O)(=O)N2CCCCC2)cc1. The van der Waals surface area contributed by atoms with Gasteiger partial charge in [0.05, 0.1) is 16.3 Å². The Labute approximate surface area is 231 Å². The molecule has 1 N–H and O–H groups in total. The number of fused-ring (bicyclic) bond motifs is 1. The molecule has 3 aromatic carbocycles. The van der Waals surface area contributed by atoms with Crippen molar-refractivity contribution in [1.29, 1.82) is 0 Å². The van der Waals surface area contributed by atoms with E-state index >= 15 is 0 Å². The summed E-state index contributed by atoms with van der Waals surface area (Å²) in [5.74, 6) is 0.673. The Bertz CT molecular complexity index is 1690. The maximum absolute atomic E-state index is 13.1. The molecule has 10 heteroatoms. The number of hydrogen-bond donors (Lipinski definition) is 1. The van der Waals surface area contributed by atoms with Gasteiger partial charge in [-0.05, 0) is 49.2 Å². The van der Waals surface area contributed by atoms with Gasteiger partial charge in [0.2, 0.25) is 10.0 Å². The van der Waals surface area contributed by atoms with Crippen LogP contribution in [0.4, 0.5) is 0 Å². The lowest BCUT2D eigenvalue weighted by Crippen LogP contribution is -2.35. The minimum atomic E-state index is -3.54. The van der Waals surface area contributed by atoms with E-state index in [0.29, 0.717) is 29.6 Å². The monoisotopic (exact) mass is 557 g/mol. The fraction of sp³-hybridized carbons (Fsp3) is 0.207. The van der Waals surface area contributed by atoms with Gasteiger partial charge in [-0.3, -0.25) is 9.36 Å². The maximum atomic E-state index is 13.1. The Hall–Kier alpha value is -3.73. The highest BCUT2D eigenvalue weighted by Crippen LogP contribution is 2.30. The van der Waals surface area contributed by atoms with Crippen molar-refractivity contribution < 1.29 is 13.2 Å². The van der Waals surface area contributed by atoms with Gasteiger partial charge in [0, 0.05) is 35.2 Å². The lowest BCUT2D eigenvalue weighted by atomic mass is 10.1. The van der Waals surface area contributed by atoms with Gasteiger partial charge in [0.25, 0.3) is 0 Å². The quantitative estimate of drug-likeness (QED) is 0.198. The van der Waals surface area contributed by atoms with Crippen molar-refractivity contribution in [3.63, 3.8) is 0 Å². The van der Waals surface area contributed by atoms with E-state index in [9.17, 15) is 13.2 Å². The lowest BCUT2D eigenvalue weighted by molar-refractivity contribution is 0.102. The number of sulfonamides is 1. The molecule has 0 amide bonds. The Morgan fingerprint density at radius 3 is 2.33 bits per heavy atom. The fourth-order valence-corrected chi connectivity index (χ4v) is 7.19. The van der Waals surface area contributed by atoms with Crippen LogP contribution in [0.3, 0.4) is 0 Å².